The second-order valence-electron chi connectivity index (χ2n) is 4.05. The molecule has 0 heterocycles. The van der Waals surface area contributed by atoms with Crippen molar-refractivity contribution in [3.63, 3.8) is 0 Å². The van der Waals surface area contributed by atoms with E-state index in [2.05, 4.69) is 0 Å². The molecule has 0 aliphatic heterocycles. The summed E-state index contributed by atoms with van der Waals surface area (Å²) >= 11 is 0. The number of hydrogen-bond donors (Lipinski definition) is 1. The maximum absolute atomic E-state index is 11.2. The van der Waals surface area contributed by atoms with Crippen molar-refractivity contribution in [2.24, 2.45) is 5.73 Å². The number of carbonyl (C=O) groups is 1. The summed E-state index contributed by atoms with van der Waals surface area (Å²) in [6, 6.07) is 0.145. The summed E-state index contributed by atoms with van der Waals surface area (Å²) in [5.41, 5.74) is 5.58. The third-order valence-electron chi connectivity index (χ3n) is 2.17. The van der Waals surface area contributed by atoms with E-state index in [1.807, 2.05) is 6.92 Å². The lowest BCUT2D eigenvalue weighted by molar-refractivity contribution is -0.145. The number of esters is 1. The van der Waals surface area contributed by atoms with Crippen LogP contribution in [0.3, 0.4) is 0 Å². The summed E-state index contributed by atoms with van der Waals surface area (Å²) in [5, 5.41) is 0. The van der Waals surface area contributed by atoms with Gasteiger partial charge in [0.05, 0.1) is 6.61 Å². The fourth-order valence-electron chi connectivity index (χ4n) is 1.26. The van der Waals surface area contributed by atoms with Crippen LogP contribution in [0.15, 0.2) is 0 Å². The molecule has 5 heteroatoms. The highest BCUT2D eigenvalue weighted by Gasteiger charge is 2.03. The van der Waals surface area contributed by atoms with Crippen molar-refractivity contribution in [1.29, 1.82) is 0 Å². The molecule has 0 aliphatic rings. The molecule has 0 aliphatic carbocycles. The Kier molecular flexibility index (Phi) is 11.4. The first-order valence-electron chi connectivity index (χ1n) is 6.14. The van der Waals surface area contributed by atoms with Crippen LogP contribution in [0.25, 0.3) is 0 Å². The minimum atomic E-state index is -0.175. The minimum absolute atomic E-state index is 0.145. The molecule has 1 atom stereocenters. The first-order chi connectivity index (χ1) is 8.16. The summed E-state index contributed by atoms with van der Waals surface area (Å²) < 4.78 is 15.1. The molecule has 17 heavy (non-hydrogen) atoms. The highest BCUT2D eigenvalue weighted by atomic mass is 16.6. The summed E-state index contributed by atoms with van der Waals surface area (Å²) in [7, 11) is 1.66. The Labute approximate surface area is 104 Å². The van der Waals surface area contributed by atoms with Gasteiger partial charge in [0.2, 0.25) is 0 Å². The lowest BCUT2D eigenvalue weighted by Crippen LogP contribution is -2.16. The van der Waals surface area contributed by atoms with Gasteiger partial charge in [0.25, 0.3) is 0 Å². The van der Waals surface area contributed by atoms with Crippen molar-refractivity contribution < 1.29 is 19.0 Å². The molecular weight excluding hydrogens is 222 g/mol. The molecular formula is C12H25NO4. The van der Waals surface area contributed by atoms with E-state index in [-0.39, 0.29) is 12.0 Å². The second kappa shape index (κ2) is 11.8. The SMILES string of the molecule is COCCCOCCOC(=O)CCCC(C)N. The number of nitrogens with two attached hydrogens (primary N) is 1. The van der Waals surface area contributed by atoms with Crippen LogP contribution in [-0.4, -0.2) is 45.5 Å². The minimum Gasteiger partial charge on any atom is -0.463 e. The van der Waals surface area contributed by atoms with E-state index in [1.54, 1.807) is 7.11 Å². The van der Waals surface area contributed by atoms with Crippen molar-refractivity contribution in [3.8, 4) is 0 Å². The van der Waals surface area contributed by atoms with Gasteiger partial charge in [-0.2, -0.15) is 0 Å². The molecule has 102 valence electrons. The van der Waals surface area contributed by atoms with Gasteiger partial charge in [-0.3, -0.25) is 4.79 Å². The largest absolute Gasteiger partial charge is 0.463 e. The third-order valence-corrected chi connectivity index (χ3v) is 2.17. The lowest BCUT2D eigenvalue weighted by atomic mass is 10.1. The van der Waals surface area contributed by atoms with E-state index in [0.717, 1.165) is 19.3 Å². The summed E-state index contributed by atoms with van der Waals surface area (Å²) in [6.07, 6.45) is 2.93. The Morgan fingerprint density at radius 2 is 1.94 bits per heavy atom. The topological polar surface area (TPSA) is 70.8 Å². The smallest absolute Gasteiger partial charge is 0.305 e. The maximum atomic E-state index is 11.2. The molecule has 0 saturated heterocycles. The lowest BCUT2D eigenvalue weighted by Gasteiger charge is -2.07. The molecule has 0 aromatic rings. The van der Waals surface area contributed by atoms with E-state index in [1.165, 1.54) is 0 Å². The first kappa shape index (κ1) is 16.4. The first-order valence-corrected chi connectivity index (χ1v) is 6.14. The van der Waals surface area contributed by atoms with Crippen molar-refractivity contribution >= 4 is 5.97 Å². The number of carbonyl (C=O) groups excluding carboxylic acids is 1. The van der Waals surface area contributed by atoms with E-state index >= 15 is 0 Å². The molecule has 0 rings (SSSR count). The highest BCUT2D eigenvalue weighted by Crippen LogP contribution is 2.00. The molecule has 0 amide bonds. The Morgan fingerprint density at radius 1 is 1.18 bits per heavy atom. The number of methoxy groups -OCH3 is 1. The molecule has 0 saturated carbocycles. The fourth-order valence-corrected chi connectivity index (χ4v) is 1.26. The average molecular weight is 247 g/mol. The van der Waals surface area contributed by atoms with Gasteiger partial charge in [-0.1, -0.05) is 0 Å². The molecule has 0 bridgehead atoms. The number of hydrogen-bond acceptors (Lipinski definition) is 5. The quantitative estimate of drug-likeness (QED) is 0.437. The third kappa shape index (κ3) is 13.3. The average Bonchev–Trinajstić information content (AvgIpc) is 2.27. The van der Waals surface area contributed by atoms with E-state index in [4.69, 9.17) is 19.9 Å². The molecule has 0 aromatic heterocycles. The molecule has 0 fully saturated rings. The van der Waals surface area contributed by atoms with Crippen LogP contribution in [0, 0.1) is 0 Å². The zero-order valence-corrected chi connectivity index (χ0v) is 10.9. The van der Waals surface area contributed by atoms with Crippen LogP contribution in [-0.2, 0) is 19.0 Å². The molecule has 1 unspecified atom stereocenters. The maximum Gasteiger partial charge on any atom is 0.305 e. The highest BCUT2D eigenvalue weighted by molar-refractivity contribution is 5.69. The second-order valence-corrected chi connectivity index (χ2v) is 4.05. The zero-order valence-electron chi connectivity index (χ0n) is 10.9. The Balaban J connectivity index is 3.16. The Hall–Kier alpha value is -0.650. The predicted molar refractivity (Wildman–Crippen MR) is 65.8 cm³/mol. The van der Waals surface area contributed by atoms with Gasteiger partial charge < -0.3 is 19.9 Å². The Bertz CT molecular complexity index is 185. The van der Waals surface area contributed by atoms with Gasteiger partial charge in [-0.15, -0.1) is 0 Å². The fraction of sp³-hybridized carbons (Fsp3) is 0.917. The van der Waals surface area contributed by atoms with Crippen LogP contribution < -0.4 is 5.73 Å². The van der Waals surface area contributed by atoms with Crippen LogP contribution in [0.1, 0.15) is 32.6 Å². The monoisotopic (exact) mass is 247 g/mol. The van der Waals surface area contributed by atoms with E-state index < -0.39 is 0 Å². The summed E-state index contributed by atoms with van der Waals surface area (Å²) in [4.78, 5) is 11.2. The van der Waals surface area contributed by atoms with Gasteiger partial charge in [0.1, 0.15) is 6.61 Å². The molecule has 2 N–H and O–H groups in total. The molecule has 5 nitrogen and oxygen atoms in total. The summed E-state index contributed by atoms with van der Waals surface area (Å²) in [5.74, 6) is -0.175. The van der Waals surface area contributed by atoms with Crippen molar-refractivity contribution in [1.82, 2.24) is 0 Å². The zero-order chi connectivity index (χ0) is 12.9. The number of ether oxygens (including phenoxy) is 3. The number of rotatable bonds is 11. The van der Waals surface area contributed by atoms with Gasteiger partial charge in [0, 0.05) is 32.8 Å². The Morgan fingerprint density at radius 3 is 2.59 bits per heavy atom. The van der Waals surface area contributed by atoms with Crippen LogP contribution in [0.4, 0.5) is 0 Å². The van der Waals surface area contributed by atoms with E-state index in [9.17, 15) is 4.79 Å². The van der Waals surface area contributed by atoms with Crippen LogP contribution in [0.2, 0.25) is 0 Å². The van der Waals surface area contributed by atoms with Gasteiger partial charge in [-0.05, 0) is 26.2 Å². The molecule has 0 radical (unpaired) electrons. The molecule has 0 aromatic carbocycles. The van der Waals surface area contributed by atoms with Gasteiger partial charge in [-0.25, -0.2) is 0 Å². The van der Waals surface area contributed by atoms with Crippen molar-refractivity contribution in [2.45, 2.75) is 38.6 Å². The normalized spacial score (nSPS) is 12.4. The van der Waals surface area contributed by atoms with E-state index in [0.29, 0.717) is 32.8 Å². The van der Waals surface area contributed by atoms with Crippen LogP contribution in [0.5, 0.6) is 0 Å². The molecule has 0 spiro atoms. The van der Waals surface area contributed by atoms with Gasteiger partial charge >= 0.3 is 5.97 Å². The van der Waals surface area contributed by atoms with Gasteiger partial charge in [0.15, 0.2) is 0 Å². The predicted octanol–water partition coefficient (Wildman–Crippen LogP) is 1.10. The van der Waals surface area contributed by atoms with Crippen molar-refractivity contribution in [2.75, 3.05) is 33.5 Å². The van der Waals surface area contributed by atoms with Crippen molar-refractivity contribution in [3.05, 3.63) is 0 Å². The standard InChI is InChI=1S/C12H25NO4/c1-11(13)5-3-6-12(14)17-10-9-16-8-4-7-15-2/h11H,3-10,13H2,1-2H3. The summed E-state index contributed by atoms with van der Waals surface area (Å²) in [6.45, 7) is 4.03. The van der Waals surface area contributed by atoms with Crippen LogP contribution >= 0.6 is 0 Å².